The zero-order chi connectivity index (χ0) is 16.2. The van der Waals surface area contributed by atoms with Crippen LogP contribution < -0.4 is 10.6 Å². The number of anilines is 3. The largest absolute Gasteiger partial charge is 0.360 e. The standard InChI is InChI=1S/C16H13FN4O2/c1-10-7-15(21-23-10)20-16(22)14-6-5-13(9-18-14)19-12-4-2-3-11(17)8-12/h2-9,19H,1H3,(H,20,21,22). The van der Waals surface area contributed by atoms with Gasteiger partial charge >= 0.3 is 0 Å². The average molecular weight is 312 g/mol. The minimum absolute atomic E-state index is 0.232. The first kappa shape index (κ1) is 14.7. The molecule has 6 nitrogen and oxygen atoms in total. The number of hydrogen-bond acceptors (Lipinski definition) is 5. The lowest BCUT2D eigenvalue weighted by Gasteiger charge is -2.07. The Morgan fingerprint density at radius 2 is 2.04 bits per heavy atom. The van der Waals surface area contributed by atoms with Crippen LogP contribution in [0.3, 0.4) is 0 Å². The lowest BCUT2D eigenvalue weighted by molar-refractivity contribution is 0.102. The van der Waals surface area contributed by atoms with E-state index in [9.17, 15) is 9.18 Å². The van der Waals surface area contributed by atoms with Crippen molar-refractivity contribution < 1.29 is 13.7 Å². The number of aromatic nitrogens is 2. The van der Waals surface area contributed by atoms with Gasteiger partial charge in [0.1, 0.15) is 17.3 Å². The monoisotopic (exact) mass is 312 g/mol. The molecule has 1 aromatic carbocycles. The number of pyridine rings is 1. The number of amides is 1. The minimum atomic E-state index is -0.393. The van der Waals surface area contributed by atoms with Gasteiger partial charge in [-0.15, -0.1) is 0 Å². The van der Waals surface area contributed by atoms with Crippen LogP contribution in [-0.2, 0) is 0 Å². The van der Waals surface area contributed by atoms with E-state index in [0.29, 0.717) is 23.0 Å². The third kappa shape index (κ3) is 3.70. The van der Waals surface area contributed by atoms with Crippen molar-refractivity contribution in [1.82, 2.24) is 10.1 Å². The molecule has 23 heavy (non-hydrogen) atoms. The molecule has 0 fully saturated rings. The normalized spacial score (nSPS) is 10.3. The average Bonchev–Trinajstić information content (AvgIpc) is 2.93. The summed E-state index contributed by atoms with van der Waals surface area (Å²) in [4.78, 5) is 16.1. The SMILES string of the molecule is Cc1cc(NC(=O)c2ccc(Nc3cccc(F)c3)cn2)no1. The predicted octanol–water partition coefficient (Wildman–Crippen LogP) is 3.51. The molecule has 0 saturated heterocycles. The van der Waals surface area contributed by atoms with Gasteiger partial charge in [-0.1, -0.05) is 11.2 Å². The second-order valence-electron chi connectivity index (χ2n) is 4.84. The van der Waals surface area contributed by atoms with E-state index >= 15 is 0 Å². The second-order valence-corrected chi connectivity index (χ2v) is 4.84. The fourth-order valence-corrected chi connectivity index (χ4v) is 1.94. The topological polar surface area (TPSA) is 80.0 Å². The van der Waals surface area contributed by atoms with E-state index in [1.165, 1.54) is 18.3 Å². The zero-order valence-corrected chi connectivity index (χ0v) is 12.2. The molecule has 0 spiro atoms. The number of nitrogens with zero attached hydrogens (tertiary/aromatic N) is 2. The number of carbonyl (C=O) groups is 1. The number of benzene rings is 1. The van der Waals surface area contributed by atoms with Crippen molar-refractivity contribution in [2.45, 2.75) is 6.92 Å². The van der Waals surface area contributed by atoms with Crippen molar-refractivity contribution in [3.8, 4) is 0 Å². The lowest BCUT2D eigenvalue weighted by atomic mass is 10.2. The summed E-state index contributed by atoms with van der Waals surface area (Å²) < 4.78 is 18.0. The molecule has 0 aliphatic carbocycles. The first-order valence-electron chi connectivity index (χ1n) is 6.83. The van der Waals surface area contributed by atoms with Crippen LogP contribution in [0, 0.1) is 12.7 Å². The van der Waals surface area contributed by atoms with Crippen LogP contribution >= 0.6 is 0 Å². The highest BCUT2D eigenvalue weighted by molar-refractivity contribution is 6.02. The third-order valence-corrected chi connectivity index (χ3v) is 2.98. The maximum Gasteiger partial charge on any atom is 0.275 e. The van der Waals surface area contributed by atoms with Gasteiger partial charge in [-0.3, -0.25) is 4.79 Å². The van der Waals surface area contributed by atoms with Gasteiger partial charge in [0, 0.05) is 11.8 Å². The number of rotatable bonds is 4. The molecular formula is C16H13FN4O2. The summed E-state index contributed by atoms with van der Waals surface area (Å²) in [5.74, 6) is 0.205. The number of carbonyl (C=O) groups excluding carboxylic acids is 1. The zero-order valence-electron chi connectivity index (χ0n) is 12.2. The van der Waals surface area contributed by atoms with Crippen molar-refractivity contribution in [2.75, 3.05) is 10.6 Å². The third-order valence-electron chi connectivity index (χ3n) is 2.98. The quantitative estimate of drug-likeness (QED) is 0.770. The van der Waals surface area contributed by atoms with Gasteiger partial charge in [0.25, 0.3) is 5.91 Å². The van der Waals surface area contributed by atoms with Crippen molar-refractivity contribution in [2.24, 2.45) is 0 Å². The molecule has 0 atom stereocenters. The van der Waals surface area contributed by atoms with Crippen LogP contribution in [0.15, 0.2) is 53.2 Å². The number of aryl methyl sites for hydroxylation is 1. The molecule has 7 heteroatoms. The molecule has 116 valence electrons. The number of hydrogen-bond donors (Lipinski definition) is 2. The van der Waals surface area contributed by atoms with Crippen LogP contribution in [0.2, 0.25) is 0 Å². The first-order valence-corrected chi connectivity index (χ1v) is 6.83. The van der Waals surface area contributed by atoms with Gasteiger partial charge < -0.3 is 15.2 Å². The van der Waals surface area contributed by atoms with Crippen LogP contribution in [0.1, 0.15) is 16.2 Å². The summed E-state index contributed by atoms with van der Waals surface area (Å²) in [6.07, 6.45) is 1.49. The molecule has 0 saturated carbocycles. The Balaban J connectivity index is 1.68. The molecule has 2 heterocycles. The van der Waals surface area contributed by atoms with E-state index in [0.717, 1.165) is 0 Å². The molecule has 0 aliphatic rings. The van der Waals surface area contributed by atoms with Crippen LogP contribution in [0.25, 0.3) is 0 Å². The summed E-state index contributed by atoms with van der Waals surface area (Å²) in [5, 5.41) is 9.26. The molecule has 3 aromatic rings. The maximum atomic E-state index is 13.1. The Bertz CT molecular complexity index is 830. The Kier molecular flexibility index (Phi) is 4.01. The maximum absolute atomic E-state index is 13.1. The van der Waals surface area contributed by atoms with E-state index in [-0.39, 0.29) is 11.5 Å². The Labute approximate surface area is 131 Å². The van der Waals surface area contributed by atoms with Crippen molar-refractivity contribution in [3.63, 3.8) is 0 Å². The molecule has 0 radical (unpaired) electrons. The smallest absolute Gasteiger partial charge is 0.275 e. The highest BCUT2D eigenvalue weighted by Gasteiger charge is 2.10. The molecule has 2 aromatic heterocycles. The molecule has 1 amide bonds. The summed E-state index contributed by atoms with van der Waals surface area (Å²) in [5.41, 5.74) is 1.47. The van der Waals surface area contributed by atoms with Gasteiger partial charge in [0.15, 0.2) is 5.82 Å². The summed E-state index contributed by atoms with van der Waals surface area (Å²) in [7, 11) is 0. The van der Waals surface area contributed by atoms with E-state index < -0.39 is 5.91 Å². The van der Waals surface area contributed by atoms with Crippen molar-refractivity contribution >= 4 is 23.1 Å². The minimum Gasteiger partial charge on any atom is -0.360 e. The highest BCUT2D eigenvalue weighted by Crippen LogP contribution is 2.17. The Hall–Kier alpha value is -3.22. The van der Waals surface area contributed by atoms with Gasteiger partial charge in [0.2, 0.25) is 0 Å². The Morgan fingerprint density at radius 1 is 1.17 bits per heavy atom. The second kappa shape index (κ2) is 6.27. The lowest BCUT2D eigenvalue weighted by Crippen LogP contribution is -2.13. The highest BCUT2D eigenvalue weighted by atomic mass is 19.1. The van der Waals surface area contributed by atoms with Crippen molar-refractivity contribution in [3.05, 3.63) is 65.9 Å². The van der Waals surface area contributed by atoms with E-state index in [1.54, 1.807) is 37.3 Å². The molecule has 2 N–H and O–H groups in total. The fourth-order valence-electron chi connectivity index (χ4n) is 1.94. The molecule has 0 aliphatic heterocycles. The van der Waals surface area contributed by atoms with Gasteiger partial charge in [-0.25, -0.2) is 9.37 Å². The fraction of sp³-hybridized carbons (Fsp3) is 0.0625. The summed E-state index contributed by atoms with van der Waals surface area (Å²) in [6, 6.07) is 10.9. The first-order chi connectivity index (χ1) is 11.1. The molecule has 3 rings (SSSR count). The predicted molar refractivity (Wildman–Crippen MR) is 83.1 cm³/mol. The summed E-state index contributed by atoms with van der Waals surface area (Å²) in [6.45, 7) is 1.73. The number of nitrogens with one attached hydrogen (secondary N) is 2. The van der Waals surface area contributed by atoms with Crippen molar-refractivity contribution in [1.29, 1.82) is 0 Å². The van der Waals surface area contributed by atoms with Crippen LogP contribution in [0.4, 0.5) is 21.6 Å². The van der Waals surface area contributed by atoms with Gasteiger partial charge in [0.05, 0.1) is 11.9 Å². The molecule has 0 bridgehead atoms. The van der Waals surface area contributed by atoms with Crippen LogP contribution in [-0.4, -0.2) is 16.0 Å². The van der Waals surface area contributed by atoms with E-state index in [4.69, 9.17) is 4.52 Å². The molecular weight excluding hydrogens is 299 g/mol. The van der Waals surface area contributed by atoms with E-state index in [1.807, 2.05) is 0 Å². The van der Waals surface area contributed by atoms with E-state index in [2.05, 4.69) is 20.8 Å². The molecule has 0 unspecified atom stereocenters. The Morgan fingerprint density at radius 3 is 2.70 bits per heavy atom. The van der Waals surface area contributed by atoms with Gasteiger partial charge in [-0.2, -0.15) is 0 Å². The van der Waals surface area contributed by atoms with Gasteiger partial charge in [-0.05, 0) is 37.3 Å². The number of halogens is 1. The van der Waals surface area contributed by atoms with Crippen LogP contribution in [0.5, 0.6) is 0 Å². The summed E-state index contributed by atoms with van der Waals surface area (Å²) >= 11 is 0.